The van der Waals surface area contributed by atoms with Gasteiger partial charge in [-0.25, -0.2) is 4.79 Å². The van der Waals surface area contributed by atoms with Crippen molar-refractivity contribution in [2.45, 2.75) is 45.2 Å². The number of methoxy groups -OCH3 is 1. The Bertz CT molecular complexity index is 1170. The molecule has 1 atom stereocenters. The highest BCUT2D eigenvalue weighted by Gasteiger charge is 2.45. The van der Waals surface area contributed by atoms with Crippen LogP contribution in [0.4, 0.5) is 0 Å². The summed E-state index contributed by atoms with van der Waals surface area (Å²) in [5.74, 6) is 0.00470. The van der Waals surface area contributed by atoms with Crippen LogP contribution in [0.15, 0.2) is 29.2 Å². The molecule has 8 heteroatoms. The maximum atomic E-state index is 12.8. The Balaban J connectivity index is 1.64. The fraction of sp³-hybridized carbons (Fsp3) is 0.500. The Morgan fingerprint density at radius 1 is 1.25 bits per heavy atom. The molecule has 2 saturated heterocycles. The summed E-state index contributed by atoms with van der Waals surface area (Å²) in [5, 5.41) is 2.74. The smallest absolute Gasteiger partial charge is 0.343 e. The van der Waals surface area contributed by atoms with Crippen molar-refractivity contribution >= 4 is 17.6 Å². The summed E-state index contributed by atoms with van der Waals surface area (Å²) in [4.78, 5) is 25.0. The van der Waals surface area contributed by atoms with E-state index in [0.717, 1.165) is 24.0 Å². The van der Waals surface area contributed by atoms with Gasteiger partial charge in [-0.15, -0.1) is 0 Å². The number of pyridine rings is 1. The zero-order valence-electron chi connectivity index (χ0n) is 18.7. The molecule has 0 radical (unpaired) electrons. The van der Waals surface area contributed by atoms with Gasteiger partial charge in [-0.1, -0.05) is 18.5 Å². The number of hydrogen-bond donors (Lipinski definition) is 0. The zero-order chi connectivity index (χ0) is 22.8. The predicted octanol–water partition coefficient (Wildman–Crippen LogP) is 3.94. The van der Waals surface area contributed by atoms with Crippen LogP contribution in [0.2, 0.25) is 5.02 Å². The van der Waals surface area contributed by atoms with E-state index in [1.54, 1.807) is 6.20 Å². The Morgan fingerprint density at radius 2 is 2.00 bits per heavy atom. The summed E-state index contributed by atoms with van der Waals surface area (Å²) in [6, 6.07) is 5.46. The van der Waals surface area contributed by atoms with Gasteiger partial charge in [0.05, 0.1) is 49.2 Å². The summed E-state index contributed by atoms with van der Waals surface area (Å²) in [5.41, 5.74) is 2.14. The monoisotopic (exact) mass is 458 g/mol. The fourth-order valence-corrected chi connectivity index (χ4v) is 5.23. The van der Waals surface area contributed by atoms with Crippen molar-refractivity contribution in [1.82, 2.24) is 4.68 Å². The molecule has 0 saturated carbocycles. The molecule has 0 unspecified atom stereocenters. The van der Waals surface area contributed by atoms with Crippen LogP contribution < -0.4 is 15.2 Å². The summed E-state index contributed by atoms with van der Waals surface area (Å²) < 4.78 is 18.2. The number of esters is 1. The van der Waals surface area contributed by atoms with E-state index in [-0.39, 0.29) is 28.0 Å². The summed E-state index contributed by atoms with van der Waals surface area (Å²) in [6.45, 7) is 8.36. The first-order chi connectivity index (χ1) is 15.1. The molecule has 3 aliphatic heterocycles. The van der Waals surface area contributed by atoms with Crippen LogP contribution in [0.1, 0.15) is 55.6 Å². The van der Waals surface area contributed by atoms with Gasteiger partial charge in [-0.2, -0.15) is 0 Å². The first kappa shape index (κ1) is 21.3. The highest BCUT2D eigenvalue weighted by Crippen LogP contribution is 2.50. The van der Waals surface area contributed by atoms with Gasteiger partial charge in [-0.3, -0.25) is 14.5 Å². The summed E-state index contributed by atoms with van der Waals surface area (Å²) >= 11 is 6.63. The molecule has 7 nitrogen and oxygen atoms in total. The lowest BCUT2D eigenvalue weighted by molar-refractivity contribution is -0.120. The molecule has 0 amide bonds. The SMILES string of the molecule is COC(=O)c1cn2c(cc1=O)-c1cc(Cl)c(OCC3(C)COC3)cc1[C@H]1CCC(C)(C)N12. The van der Waals surface area contributed by atoms with Gasteiger partial charge < -0.3 is 14.2 Å². The number of nitrogens with zero attached hydrogens (tertiary/aromatic N) is 2. The minimum Gasteiger partial charge on any atom is -0.491 e. The van der Waals surface area contributed by atoms with Gasteiger partial charge in [0.15, 0.2) is 5.43 Å². The minimum atomic E-state index is -0.639. The van der Waals surface area contributed by atoms with Crippen molar-refractivity contribution in [3.8, 4) is 17.0 Å². The third kappa shape index (κ3) is 3.21. The number of aromatic nitrogens is 1. The average molecular weight is 459 g/mol. The Hall–Kier alpha value is -2.51. The number of hydrogen-bond acceptors (Lipinski definition) is 6. The summed E-state index contributed by atoms with van der Waals surface area (Å²) in [6.07, 6.45) is 3.50. The molecule has 0 bridgehead atoms. The number of benzene rings is 1. The summed E-state index contributed by atoms with van der Waals surface area (Å²) in [7, 11) is 1.28. The van der Waals surface area contributed by atoms with Crippen molar-refractivity contribution in [1.29, 1.82) is 0 Å². The van der Waals surface area contributed by atoms with Crippen molar-refractivity contribution in [2.75, 3.05) is 31.9 Å². The van der Waals surface area contributed by atoms with Gasteiger partial charge in [-0.05, 0) is 44.4 Å². The minimum absolute atomic E-state index is 0.00478. The standard InChI is InChI=1S/C24H27ClN2O5/c1-23(2)6-5-18-15-8-21(32-13-24(3)11-31-12-24)17(25)7-14(15)19-9-20(28)16(22(29)30-4)10-26(19)27(18)23/h7-10,18H,5-6,11-13H2,1-4H3/t18-/m1/s1. The van der Waals surface area contributed by atoms with E-state index < -0.39 is 5.97 Å². The number of halogens is 1. The van der Waals surface area contributed by atoms with E-state index in [1.165, 1.54) is 13.2 Å². The highest BCUT2D eigenvalue weighted by molar-refractivity contribution is 6.32. The quantitative estimate of drug-likeness (QED) is 0.646. The van der Waals surface area contributed by atoms with Crippen molar-refractivity contribution in [3.05, 3.63) is 50.8 Å². The van der Waals surface area contributed by atoms with Crippen LogP contribution in [0.5, 0.6) is 5.75 Å². The van der Waals surface area contributed by atoms with Gasteiger partial charge in [0.1, 0.15) is 11.3 Å². The Morgan fingerprint density at radius 3 is 2.66 bits per heavy atom. The third-order valence-corrected chi connectivity index (χ3v) is 7.13. The second kappa shape index (κ2) is 7.25. The molecule has 0 aliphatic carbocycles. The molecule has 0 spiro atoms. The van der Waals surface area contributed by atoms with Crippen molar-refractivity contribution < 1.29 is 19.0 Å². The average Bonchev–Trinajstić information content (AvgIpc) is 3.05. The first-order valence-corrected chi connectivity index (χ1v) is 11.2. The Kier molecular flexibility index (Phi) is 4.84. The number of carbonyl (C=O) groups is 1. The highest BCUT2D eigenvalue weighted by atomic mass is 35.5. The molecule has 2 aromatic rings. The second-order valence-electron chi connectivity index (χ2n) is 9.95. The van der Waals surface area contributed by atoms with Crippen LogP contribution in [-0.4, -0.2) is 43.1 Å². The lowest BCUT2D eigenvalue weighted by Crippen LogP contribution is -2.50. The van der Waals surface area contributed by atoms with Gasteiger partial charge in [0.25, 0.3) is 0 Å². The predicted molar refractivity (Wildman–Crippen MR) is 121 cm³/mol. The molecule has 2 fully saturated rings. The number of ether oxygens (including phenoxy) is 3. The van der Waals surface area contributed by atoms with Gasteiger partial charge in [0.2, 0.25) is 0 Å². The topological polar surface area (TPSA) is 70.0 Å². The number of rotatable bonds is 4. The van der Waals surface area contributed by atoms with Crippen LogP contribution >= 0.6 is 11.6 Å². The zero-order valence-corrected chi connectivity index (χ0v) is 19.5. The van der Waals surface area contributed by atoms with E-state index in [0.29, 0.717) is 36.3 Å². The molecular formula is C24H27ClN2O5. The lowest BCUT2D eigenvalue weighted by atomic mass is 9.90. The molecule has 0 N–H and O–H groups in total. The lowest BCUT2D eigenvalue weighted by Gasteiger charge is -2.44. The van der Waals surface area contributed by atoms with E-state index in [9.17, 15) is 9.59 Å². The largest absolute Gasteiger partial charge is 0.491 e. The molecule has 5 rings (SSSR count). The molecule has 4 heterocycles. The fourth-order valence-electron chi connectivity index (χ4n) is 5.01. The van der Waals surface area contributed by atoms with Gasteiger partial charge in [0, 0.05) is 23.2 Å². The molecule has 170 valence electrons. The van der Waals surface area contributed by atoms with Crippen LogP contribution in [-0.2, 0) is 9.47 Å². The van der Waals surface area contributed by atoms with Crippen LogP contribution in [0.3, 0.4) is 0 Å². The van der Waals surface area contributed by atoms with Crippen molar-refractivity contribution in [2.24, 2.45) is 5.41 Å². The van der Waals surface area contributed by atoms with Gasteiger partial charge >= 0.3 is 5.97 Å². The third-order valence-electron chi connectivity index (χ3n) is 6.83. The molecule has 1 aromatic carbocycles. The van der Waals surface area contributed by atoms with Crippen LogP contribution in [0.25, 0.3) is 11.3 Å². The van der Waals surface area contributed by atoms with E-state index in [4.69, 9.17) is 25.8 Å². The maximum Gasteiger partial charge on any atom is 0.343 e. The maximum absolute atomic E-state index is 12.8. The Labute approximate surface area is 191 Å². The van der Waals surface area contributed by atoms with E-state index in [1.807, 2.05) is 16.8 Å². The van der Waals surface area contributed by atoms with E-state index >= 15 is 0 Å². The molecule has 32 heavy (non-hydrogen) atoms. The number of fused-ring (bicyclic) bond motifs is 6. The molecule has 1 aromatic heterocycles. The van der Waals surface area contributed by atoms with Crippen LogP contribution in [0, 0.1) is 5.41 Å². The normalized spacial score (nSPS) is 21.8. The molecular weight excluding hydrogens is 432 g/mol. The van der Waals surface area contributed by atoms with E-state index in [2.05, 4.69) is 25.8 Å². The number of carbonyl (C=O) groups excluding carboxylic acids is 1. The first-order valence-electron chi connectivity index (χ1n) is 10.8. The second-order valence-corrected chi connectivity index (χ2v) is 10.4. The van der Waals surface area contributed by atoms with Crippen molar-refractivity contribution in [3.63, 3.8) is 0 Å². The molecule has 3 aliphatic rings.